The fraction of sp³-hybridized carbons (Fsp3) is 0.500. The lowest BCUT2D eigenvalue weighted by molar-refractivity contribution is -0.148. The van der Waals surface area contributed by atoms with E-state index in [2.05, 4.69) is 0 Å². The molecule has 0 unspecified atom stereocenters. The first-order chi connectivity index (χ1) is 16.0. The van der Waals surface area contributed by atoms with Crippen molar-refractivity contribution in [2.45, 2.75) is 57.6 Å². The van der Waals surface area contributed by atoms with Gasteiger partial charge in [0.25, 0.3) is 5.91 Å². The normalized spacial score (nSPS) is 28.7. The van der Waals surface area contributed by atoms with Gasteiger partial charge in [-0.1, -0.05) is 26.8 Å². The number of amides is 1. The van der Waals surface area contributed by atoms with Gasteiger partial charge in [-0.2, -0.15) is 0 Å². The van der Waals surface area contributed by atoms with E-state index in [1.54, 1.807) is 14.1 Å². The van der Waals surface area contributed by atoms with E-state index in [0.29, 0.717) is 17.5 Å². The molecule has 188 valence electrons. The van der Waals surface area contributed by atoms with E-state index >= 15 is 0 Å². The van der Waals surface area contributed by atoms with E-state index in [4.69, 9.17) is 5.73 Å². The predicted octanol–water partition coefficient (Wildman–Crippen LogP) is 1.73. The lowest BCUT2D eigenvalue weighted by Crippen LogP contribution is -2.63. The number of aliphatic hydroxyl groups excluding tert-OH is 2. The van der Waals surface area contributed by atoms with E-state index in [1.807, 2.05) is 33.8 Å². The topological polar surface area (TPSA) is 161 Å². The monoisotopic (exact) mass is 484 g/mol. The van der Waals surface area contributed by atoms with E-state index in [-0.39, 0.29) is 23.3 Å². The van der Waals surface area contributed by atoms with Crippen LogP contribution in [-0.2, 0) is 21.4 Å². The number of aliphatic hydroxyl groups is 3. The Hall–Kier alpha value is -3.17. The Morgan fingerprint density at radius 3 is 2.29 bits per heavy atom. The lowest BCUT2D eigenvalue weighted by Gasteiger charge is -2.50. The fourth-order valence-electron chi connectivity index (χ4n) is 6.08. The maximum atomic E-state index is 13.8. The number of fused-ring (bicyclic) bond motifs is 3. The molecule has 0 spiro atoms. The third kappa shape index (κ3) is 3.25. The highest BCUT2D eigenvalue weighted by Crippen LogP contribution is 2.53. The Kier molecular flexibility index (Phi) is 5.46. The molecule has 6 N–H and O–H groups in total. The number of hydrogen-bond donors (Lipinski definition) is 5. The van der Waals surface area contributed by atoms with Gasteiger partial charge in [-0.15, -0.1) is 0 Å². The van der Waals surface area contributed by atoms with Crippen molar-refractivity contribution in [2.24, 2.45) is 17.6 Å². The number of aryl methyl sites for hydroxylation is 1. The highest BCUT2D eigenvalue weighted by molar-refractivity contribution is 6.24. The van der Waals surface area contributed by atoms with E-state index < -0.39 is 63.5 Å². The summed E-state index contributed by atoms with van der Waals surface area (Å²) in [5.74, 6) is -6.37. The Morgan fingerprint density at radius 1 is 1.17 bits per heavy atom. The van der Waals surface area contributed by atoms with Crippen molar-refractivity contribution >= 4 is 17.5 Å². The molecule has 3 aliphatic carbocycles. The summed E-state index contributed by atoms with van der Waals surface area (Å²) in [5, 5.41) is 44.8. The maximum absolute atomic E-state index is 13.8. The molecule has 1 aromatic carbocycles. The van der Waals surface area contributed by atoms with Gasteiger partial charge in [0.15, 0.2) is 11.4 Å². The molecule has 9 heteroatoms. The van der Waals surface area contributed by atoms with Crippen LogP contribution in [0.4, 0.5) is 0 Å². The number of carbonyl (C=O) groups excluding carboxylic acids is 3. The molecule has 4 atom stereocenters. The molecule has 0 saturated heterocycles. The first-order valence-corrected chi connectivity index (χ1v) is 11.6. The summed E-state index contributed by atoms with van der Waals surface area (Å²) in [4.78, 5) is 40.7. The van der Waals surface area contributed by atoms with Crippen LogP contribution in [0.15, 0.2) is 28.7 Å². The number of phenolic OH excluding ortho intramolecular Hbond substituents is 1. The Balaban J connectivity index is 1.99. The first-order valence-electron chi connectivity index (χ1n) is 11.6. The molecule has 1 aromatic rings. The molecule has 4 rings (SSSR count). The zero-order valence-corrected chi connectivity index (χ0v) is 20.8. The molecular weight excluding hydrogens is 452 g/mol. The number of aromatic hydroxyl groups is 1. The standard InChI is InChI=1S/C26H32N2O7/c1-10-7-14(25(2,3)4)19(29)16-12(10)8-11-9-13-18(28(5)6)21(31)17(24(27)34)23(33)26(13,35)22(32)15(11)20(16)30/h7,11,13,18,29,31-32,35H,8-9H2,1-6H3,(H2,27,34)/t11-,13-,18-,26-/m0/s1. The minimum atomic E-state index is -2.63. The number of nitrogens with zero attached hydrogens (tertiary/aromatic N) is 1. The van der Waals surface area contributed by atoms with Crippen LogP contribution >= 0.6 is 0 Å². The summed E-state index contributed by atoms with van der Waals surface area (Å²) in [6.07, 6.45) is 0.366. The van der Waals surface area contributed by atoms with Crippen LogP contribution in [0.5, 0.6) is 5.75 Å². The third-order valence-electron chi connectivity index (χ3n) is 7.75. The minimum Gasteiger partial charge on any atom is -0.510 e. The van der Waals surface area contributed by atoms with Crippen LogP contribution in [0.1, 0.15) is 54.2 Å². The van der Waals surface area contributed by atoms with Crippen LogP contribution in [0.25, 0.3) is 0 Å². The van der Waals surface area contributed by atoms with Crippen molar-refractivity contribution in [3.63, 3.8) is 0 Å². The molecule has 0 aromatic heterocycles. The summed E-state index contributed by atoms with van der Waals surface area (Å²) < 4.78 is 0. The number of allylic oxidation sites excluding steroid dienone is 1. The molecular formula is C26H32N2O7. The molecule has 3 aliphatic rings. The van der Waals surface area contributed by atoms with Gasteiger partial charge in [0, 0.05) is 17.1 Å². The Bertz CT molecular complexity index is 1250. The second-order valence-electron chi connectivity index (χ2n) is 11.2. The van der Waals surface area contributed by atoms with Crippen LogP contribution in [0.3, 0.4) is 0 Å². The molecule has 0 heterocycles. The molecule has 0 bridgehead atoms. The number of primary amides is 1. The van der Waals surface area contributed by atoms with Gasteiger partial charge < -0.3 is 26.2 Å². The largest absolute Gasteiger partial charge is 0.510 e. The van der Waals surface area contributed by atoms with Crippen molar-refractivity contribution in [1.29, 1.82) is 0 Å². The van der Waals surface area contributed by atoms with Crippen LogP contribution < -0.4 is 5.73 Å². The van der Waals surface area contributed by atoms with Crippen molar-refractivity contribution < 1.29 is 34.8 Å². The number of benzene rings is 1. The number of nitrogens with two attached hydrogens (primary N) is 1. The van der Waals surface area contributed by atoms with Crippen molar-refractivity contribution in [1.82, 2.24) is 4.90 Å². The van der Waals surface area contributed by atoms with Gasteiger partial charge in [0.05, 0.1) is 11.6 Å². The molecule has 0 radical (unpaired) electrons. The fourth-order valence-corrected chi connectivity index (χ4v) is 6.08. The molecule has 0 fully saturated rings. The number of likely N-dealkylation sites (N-methyl/N-ethyl adjacent to an activating group) is 1. The van der Waals surface area contributed by atoms with Gasteiger partial charge >= 0.3 is 0 Å². The number of Topliss-reactive ketones (excluding diaryl/α,β-unsaturated/α-hetero) is 2. The van der Waals surface area contributed by atoms with E-state index in [9.17, 15) is 34.8 Å². The molecule has 35 heavy (non-hydrogen) atoms. The Morgan fingerprint density at radius 2 is 1.77 bits per heavy atom. The number of ketones is 2. The van der Waals surface area contributed by atoms with Crippen LogP contribution in [0, 0.1) is 18.8 Å². The maximum Gasteiger partial charge on any atom is 0.255 e. The summed E-state index contributed by atoms with van der Waals surface area (Å²) in [7, 11) is 3.20. The molecule has 9 nitrogen and oxygen atoms in total. The molecule has 1 amide bonds. The smallest absolute Gasteiger partial charge is 0.255 e. The average Bonchev–Trinajstić information content (AvgIpc) is 2.71. The van der Waals surface area contributed by atoms with Gasteiger partial charge in [-0.25, -0.2) is 0 Å². The highest BCUT2D eigenvalue weighted by atomic mass is 16.3. The third-order valence-corrected chi connectivity index (χ3v) is 7.75. The quantitative estimate of drug-likeness (QED) is 0.397. The summed E-state index contributed by atoms with van der Waals surface area (Å²) in [6.45, 7) is 7.57. The number of rotatable bonds is 2. The highest BCUT2D eigenvalue weighted by Gasteiger charge is 2.63. The number of carbonyl (C=O) groups is 3. The predicted molar refractivity (Wildman–Crippen MR) is 127 cm³/mol. The summed E-state index contributed by atoms with van der Waals surface area (Å²) >= 11 is 0. The zero-order chi connectivity index (χ0) is 26.4. The zero-order valence-electron chi connectivity index (χ0n) is 20.8. The minimum absolute atomic E-state index is 0.0516. The summed E-state index contributed by atoms with van der Waals surface area (Å²) in [6, 6.07) is 0.855. The van der Waals surface area contributed by atoms with Crippen molar-refractivity contribution in [3.8, 4) is 5.75 Å². The van der Waals surface area contributed by atoms with E-state index in [1.165, 1.54) is 4.90 Å². The Labute approximate surface area is 203 Å². The molecule has 0 aliphatic heterocycles. The SMILES string of the molecule is Cc1cc(C(C)(C)C)c(O)c2c1C[C@H]1C[C@H]3[C@H](N(C)C)C(O)=C(C(N)=O)C(=O)[C@@]3(O)C(O)=C1C2=O. The molecule has 0 saturated carbocycles. The van der Waals surface area contributed by atoms with Crippen LogP contribution in [-0.4, -0.2) is 68.5 Å². The van der Waals surface area contributed by atoms with Crippen molar-refractivity contribution in [3.05, 3.63) is 51.0 Å². The number of hydrogen-bond acceptors (Lipinski definition) is 8. The van der Waals surface area contributed by atoms with Crippen molar-refractivity contribution in [2.75, 3.05) is 14.1 Å². The van der Waals surface area contributed by atoms with Crippen LogP contribution in [0.2, 0.25) is 0 Å². The van der Waals surface area contributed by atoms with E-state index in [0.717, 1.165) is 5.56 Å². The second-order valence-corrected chi connectivity index (χ2v) is 11.2. The number of phenols is 1. The first kappa shape index (κ1) is 24.9. The van der Waals surface area contributed by atoms with Gasteiger partial charge in [-0.05, 0) is 56.3 Å². The van der Waals surface area contributed by atoms with Gasteiger partial charge in [0.1, 0.15) is 22.8 Å². The second kappa shape index (κ2) is 7.66. The summed E-state index contributed by atoms with van der Waals surface area (Å²) in [5.41, 5.74) is 3.38. The van der Waals surface area contributed by atoms with Gasteiger partial charge in [0.2, 0.25) is 5.78 Å². The lowest BCUT2D eigenvalue weighted by atomic mass is 9.58. The van der Waals surface area contributed by atoms with Gasteiger partial charge in [-0.3, -0.25) is 19.3 Å². The average molecular weight is 485 g/mol.